The van der Waals surface area contributed by atoms with Gasteiger partial charge in [0, 0.05) is 6.20 Å². The molecule has 0 bridgehead atoms. The summed E-state index contributed by atoms with van der Waals surface area (Å²) in [4.78, 5) is 4.24. The first-order valence-corrected chi connectivity index (χ1v) is 5.47. The fourth-order valence-corrected chi connectivity index (χ4v) is 1.78. The van der Waals surface area contributed by atoms with Crippen LogP contribution in [0.15, 0.2) is 22.9 Å². The summed E-state index contributed by atoms with van der Waals surface area (Å²) in [6.07, 6.45) is 4.37. The van der Waals surface area contributed by atoms with Gasteiger partial charge in [-0.1, -0.05) is 33.3 Å². The van der Waals surface area contributed by atoms with Gasteiger partial charge in [0.2, 0.25) is 0 Å². The quantitative estimate of drug-likeness (QED) is 0.732. The number of aromatic nitrogens is 1. The lowest BCUT2D eigenvalue weighted by atomic mass is 9.82. The van der Waals surface area contributed by atoms with Crippen LogP contribution in [0.5, 0.6) is 0 Å². The minimum absolute atomic E-state index is 0.252. The van der Waals surface area contributed by atoms with Gasteiger partial charge in [-0.15, -0.1) is 0 Å². The van der Waals surface area contributed by atoms with E-state index in [0.717, 1.165) is 4.60 Å². The predicted molar refractivity (Wildman–Crippen MR) is 59.9 cm³/mol. The molecule has 1 aromatic heterocycles. The molecule has 0 saturated heterocycles. The lowest BCUT2D eigenvalue weighted by Gasteiger charge is -2.24. The van der Waals surface area contributed by atoms with Crippen molar-refractivity contribution in [3.05, 3.63) is 28.5 Å². The number of hydrogen-bond acceptors (Lipinski definition) is 1. The number of rotatable bonds is 3. The van der Waals surface area contributed by atoms with Crippen LogP contribution in [-0.4, -0.2) is 4.98 Å². The van der Waals surface area contributed by atoms with Crippen LogP contribution >= 0.6 is 15.9 Å². The van der Waals surface area contributed by atoms with Gasteiger partial charge in [0.15, 0.2) is 0 Å². The maximum atomic E-state index is 4.24. The number of nitrogens with zero attached hydrogens (tertiary/aromatic N) is 1. The molecule has 0 fully saturated rings. The summed E-state index contributed by atoms with van der Waals surface area (Å²) in [7, 11) is 0. The second kappa shape index (κ2) is 4.23. The topological polar surface area (TPSA) is 12.9 Å². The van der Waals surface area contributed by atoms with Gasteiger partial charge in [-0.2, -0.15) is 0 Å². The Balaban J connectivity index is 2.87. The third-order valence-electron chi connectivity index (χ3n) is 2.38. The highest BCUT2D eigenvalue weighted by molar-refractivity contribution is 9.10. The summed E-state index contributed by atoms with van der Waals surface area (Å²) in [6.45, 7) is 6.75. The summed E-state index contributed by atoms with van der Waals surface area (Å²) in [5.74, 6) is 0. The van der Waals surface area contributed by atoms with Gasteiger partial charge in [-0.3, -0.25) is 0 Å². The molecule has 0 aliphatic heterocycles. The van der Waals surface area contributed by atoms with Crippen molar-refractivity contribution in [3.63, 3.8) is 0 Å². The first-order chi connectivity index (χ1) is 6.06. The summed E-state index contributed by atoms with van der Waals surface area (Å²) in [6, 6.07) is 4.15. The van der Waals surface area contributed by atoms with E-state index in [1.807, 2.05) is 12.3 Å². The van der Waals surface area contributed by atoms with Gasteiger partial charge < -0.3 is 0 Å². The molecular formula is C11H16BrN. The normalized spacial score (nSPS) is 11.7. The van der Waals surface area contributed by atoms with Crippen molar-refractivity contribution >= 4 is 15.9 Å². The zero-order valence-corrected chi connectivity index (χ0v) is 10.1. The zero-order valence-electron chi connectivity index (χ0n) is 8.47. The second-order valence-electron chi connectivity index (χ2n) is 4.00. The SMILES string of the molecule is CCCC(C)(C)c1ccc(Br)nc1. The minimum Gasteiger partial charge on any atom is -0.249 e. The highest BCUT2D eigenvalue weighted by atomic mass is 79.9. The summed E-state index contributed by atoms with van der Waals surface area (Å²) in [5, 5.41) is 0. The Bertz CT molecular complexity index is 264. The molecule has 0 unspecified atom stereocenters. The number of pyridine rings is 1. The van der Waals surface area contributed by atoms with Crippen molar-refractivity contribution in [2.24, 2.45) is 0 Å². The molecule has 1 rings (SSSR count). The van der Waals surface area contributed by atoms with Crippen molar-refractivity contribution < 1.29 is 0 Å². The third-order valence-corrected chi connectivity index (χ3v) is 2.85. The van der Waals surface area contributed by atoms with E-state index in [1.54, 1.807) is 0 Å². The molecule has 0 radical (unpaired) electrons. The van der Waals surface area contributed by atoms with Crippen molar-refractivity contribution in [2.45, 2.75) is 39.0 Å². The summed E-state index contributed by atoms with van der Waals surface area (Å²) < 4.78 is 0.906. The molecule has 0 saturated carbocycles. The van der Waals surface area contributed by atoms with E-state index in [0.29, 0.717) is 0 Å². The van der Waals surface area contributed by atoms with E-state index in [2.05, 4.69) is 47.8 Å². The van der Waals surface area contributed by atoms with Gasteiger partial charge in [0.05, 0.1) is 0 Å². The van der Waals surface area contributed by atoms with Crippen LogP contribution in [0, 0.1) is 0 Å². The molecule has 0 aliphatic carbocycles. The number of hydrogen-bond donors (Lipinski definition) is 0. The molecule has 0 N–H and O–H groups in total. The van der Waals surface area contributed by atoms with Crippen LogP contribution in [0.4, 0.5) is 0 Å². The predicted octanol–water partition coefficient (Wildman–Crippen LogP) is 3.92. The smallest absolute Gasteiger partial charge is 0.106 e. The highest BCUT2D eigenvalue weighted by Crippen LogP contribution is 2.28. The van der Waals surface area contributed by atoms with Crippen LogP contribution in [0.25, 0.3) is 0 Å². The summed E-state index contributed by atoms with van der Waals surface area (Å²) in [5.41, 5.74) is 1.57. The van der Waals surface area contributed by atoms with E-state index in [4.69, 9.17) is 0 Å². The van der Waals surface area contributed by atoms with Gasteiger partial charge in [-0.25, -0.2) is 4.98 Å². The Hall–Kier alpha value is -0.370. The van der Waals surface area contributed by atoms with Gasteiger partial charge in [-0.05, 0) is 39.4 Å². The Kier molecular flexibility index (Phi) is 3.48. The van der Waals surface area contributed by atoms with Gasteiger partial charge in [0.25, 0.3) is 0 Å². The number of halogens is 1. The maximum absolute atomic E-state index is 4.24. The molecule has 13 heavy (non-hydrogen) atoms. The molecule has 2 heteroatoms. The molecule has 1 heterocycles. The first-order valence-electron chi connectivity index (χ1n) is 4.68. The van der Waals surface area contributed by atoms with Crippen molar-refractivity contribution in [2.75, 3.05) is 0 Å². The second-order valence-corrected chi connectivity index (χ2v) is 4.82. The van der Waals surface area contributed by atoms with Crippen molar-refractivity contribution in [3.8, 4) is 0 Å². The lowest BCUT2D eigenvalue weighted by Crippen LogP contribution is -2.16. The van der Waals surface area contributed by atoms with Gasteiger partial charge in [0.1, 0.15) is 4.60 Å². The summed E-state index contributed by atoms with van der Waals surface area (Å²) >= 11 is 3.34. The fourth-order valence-electron chi connectivity index (χ4n) is 1.55. The van der Waals surface area contributed by atoms with Crippen LogP contribution in [0.1, 0.15) is 39.2 Å². The highest BCUT2D eigenvalue weighted by Gasteiger charge is 2.19. The maximum Gasteiger partial charge on any atom is 0.106 e. The molecule has 0 atom stereocenters. The molecule has 0 aliphatic rings. The zero-order chi connectivity index (χ0) is 9.90. The fraction of sp³-hybridized carbons (Fsp3) is 0.545. The van der Waals surface area contributed by atoms with E-state index >= 15 is 0 Å². The average molecular weight is 242 g/mol. The van der Waals surface area contributed by atoms with Crippen molar-refractivity contribution in [1.29, 1.82) is 0 Å². The van der Waals surface area contributed by atoms with Crippen LogP contribution < -0.4 is 0 Å². The Morgan fingerprint density at radius 2 is 2.08 bits per heavy atom. The van der Waals surface area contributed by atoms with Crippen LogP contribution in [-0.2, 0) is 5.41 Å². The Morgan fingerprint density at radius 1 is 1.38 bits per heavy atom. The molecule has 1 aromatic rings. The van der Waals surface area contributed by atoms with Crippen LogP contribution in [0.3, 0.4) is 0 Å². The lowest BCUT2D eigenvalue weighted by molar-refractivity contribution is 0.471. The third kappa shape index (κ3) is 2.80. The minimum atomic E-state index is 0.252. The molecule has 72 valence electrons. The van der Waals surface area contributed by atoms with Crippen molar-refractivity contribution in [1.82, 2.24) is 4.98 Å². The standard InChI is InChI=1S/C11H16BrN/c1-4-7-11(2,3)9-5-6-10(12)13-8-9/h5-6,8H,4,7H2,1-3H3. The van der Waals surface area contributed by atoms with Crippen LogP contribution in [0.2, 0.25) is 0 Å². The molecule has 0 amide bonds. The molecular weight excluding hydrogens is 226 g/mol. The Morgan fingerprint density at radius 3 is 2.54 bits per heavy atom. The van der Waals surface area contributed by atoms with Gasteiger partial charge >= 0.3 is 0 Å². The molecule has 1 nitrogen and oxygen atoms in total. The molecule has 0 spiro atoms. The average Bonchev–Trinajstić information content (AvgIpc) is 2.05. The first kappa shape index (κ1) is 10.7. The van der Waals surface area contributed by atoms with E-state index < -0.39 is 0 Å². The largest absolute Gasteiger partial charge is 0.249 e. The molecule has 0 aromatic carbocycles. The van der Waals surface area contributed by atoms with E-state index in [9.17, 15) is 0 Å². The Labute approximate surface area is 88.7 Å². The van der Waals surface area contributed by atoms with E-state index in [-0.39, 0.29) is 5.41 Å². The monoisotopic (exact) mass is 241 g/mol. The van der Waals surface area contributed by atoms with E-state index in [1.165, 1.54) is 18.4 Å².